The Hall–Kier alpha value is -3.26. The Morgan fingerprint density at radius 2 is 1.71 bits per heavy atom. The number of nitrogens with zero attached hydrogens (tertiary/aromatic N) is 2. The maximum atomic E-state index is 11.6. The molecule has 0 aliphatic heterocycles. The van der Waals surface area contributed by atoms with E-state index in [1.165, 1.54) is 24.9 Å². The molecular weight excluding hydrogens is 450 g/mol. The molecule has 2 heterocycles. The highest BCUT2D eigenvalue weighted by Gasteiger charge is 2.24. The smallest absolute Gasteiger partial charge is 0.305 e. The fourth-order valence-electron chi connectivity index (χ4n) is 4.41. The third-order valence-electron chi connectivity index (χ3n) is 6.41. The number of carbonyl (C=O) groups excluding carboxylic acids is 1. The van der Waals surface area contributed by atoms with Gasteiger partial charge in [0, 0.05) is 24.4 Å². The van der Waals surface area contributed by atoms with E-state index in [-0.39, 0.29) is 10.9 Å². The number of aromatic nitrogens is 2. The Morgan fingerprint density at radius 1 is 0.971 bits per heavy atom. The Kier molecular flexibility index (Phi) is 7.26. The van der Waals surface area contributed by atoms with Crippen molar-refractivity contribution in [2.45, 2.75) is 42.9 Å². The molecule has 0 bridgehead atoms. The molecule has 0 unspecified atom stereocenters. The van der Waals surface area contributed by atoms with Gasteiger partial charge < -0.3 is 10.1 Å². The van der Waals surface area contributed by atoms with Crippen LogP contribution in [0.4, 0.5) is 11.5 Å². The zero-order chi connectivity index (χ0) is 24.1. The van der Waals surface area contributed by atoms with Crippen molar-refractivity contribution in [2.24, 2.45) is 5.92 Å². The summed E-state index contributed by atoms with van der Waals surface area (Å²) in [6.45, 7) is 0. The fourth-order valence-corrected chi connectivity index (χ4v) is 4.96. The first kappa shape index (κ1) is 23.9. The number of rotatable bonds is 7. The second-order valence-electron chi connectivity index (χ2n) is 8.83. The van der Waals surface area contributed by atoms with Crippen molar-refractivity contribution < 1.29 is 17.9 Å². The van der Waals surface area contributed by atoms with Crippen LogP contribution in [-0.2, 0) is 19.4 Å². The minimum Gasteiger partial charge on any atom is -0.469 e. The molecule has 3 aromatic rings. The quantitative estimate of drug-likeness (QED) is 0.469. The molecular formula is C26H29N3O4S. The maximum Gasteiger partial charge on any atom is 0.305 e. The lowest BCUT2D eigenvalue weighted by Gasteiger charge is -2.28. The van der Waals surface area contributed by atoms with E-state index in [4.69, 9.17) is 4.74 Å². The number of pyridine rings is 2. The van der Waals surface area contributed by atoms with Crippen LogP contribution in [0.3, 0.4) is 0 Å². The van der Waals surface area contributed by atoms with Gasteiger partial charge in [-0.3, -0.25) is 9.78 Å². The normalized spacial score (nSPS) is 18.3. The Balaban J connectivity index is 1.35. The molecule has 0 spiro atoms. The van der Waals surface area contributed by atoms with Gasteiger partial charge in [0.15, 0.2) is 9.84 Å². The van der Waals surface area contributed by atoms with Gasteiger partial charge in [0.1, 0.15) is 5.82 Å². The largest absolute Gasteiger partial charge is 0.469 e. The molecule has 1 aliphatic rings. The van der Waals surface area contributed by atoms with Crippen molar-refractivity contribution in [1.82, 2.24) is 9.97 Å². The monoisotopic (exact) mass is 479 g/mol. The zero-order valence-corrected chi connectivity index (χ0v) is 20.2. The summed E-state index contributed by atoms with van der Waals surface area (Å²) in [5.74, 6) is 1.41. The topological polar surface area (TPSA) is 98.2 Å². The number of ether oxygens (including phenoxy) is 1. The summed E-state index contributed by atoms with van der Waals surface area (Å²) in [7, 11) is -1.82. The molecule has 1 fully saturated rings. The lowest BCUT2D eigenvalue weighted by atomic mass is 9.77. The number of hydrogen-bond donors (Lipinski definition) is 1. The number of carbonyl (C=O) groups is 1. The number of benzene rings is 1. The van der Waals surface area contributed by atoms with Crippen LogP contribution in [0, 0.1) is 5.92 Å². The predicted molar refractivity (Wildman–Crippen MR) is 132 cm³/mol. The standard InChI is InChI=1S/C26H29N3O4S/c1-33-26(30)15-18-3-5-19(6-4-18)20-7-9-21(10-8-20)24-13-11-22(16-27-24)29-25-14-12-23(17-28-25)34(2,31)32/h7-14,16-19H,3-6,15H2,1-2H3,(H,28,29). The third kappa shape index (κ3) is 5.99. The van der Waals surface area contributed by atoms with E-state index in [1.54, 1.807) is 12.3 Å². The van der Waals surface area contributed by atoms with E-state index in [1.807, 2.05) is 12.1 Å². The molecule has 0 radical (unpaired) electrons. The number of hydrogen-bond acceptors (Lipinski definition) is 7. The van der Waals surface area contributed by atoms with Gasteiger partial charge in [0.05, 0.1) is 29.6 Å². The van der Waals surface area contributed by atoms with E-state index < -0.39 is 9.84 Å². The molecule has 0 atom stereocenters. The van der Waals surface area contributed by atoms with E-state index in [2.05, 4.69) is 39.6 Å². The van der Waals surface area contributed by atoms with Crippen LogP contribution in [0.5, 0.6) is 0 Å². The van der Waals surface area contributed by atoms with Crippen LogP contribution in [0.15, 0.2) is 65.8 Å². The lowest BCUT2D eigenvalue weighted by molar-refractivity contribution is -0.142. The maximum absolute atomic E-state index is 11.6. The SMILES string of the molecule is COC(=O)CC1CCC(c2ccc(-c3ccc(Nc4ccc(S(C)(=O)=O)cn4)cn3)cc2)CC1. The van der Waals surface area contributed by atoms with Crippen LogP contribution in [0.1, 0.15) is 43.6 Å². The van der Waals surface area contributed by atoms with Gasteiger partial charge in [-0.2, -0.15) is 0 Å². The van der Waals surface area contributed by atoms with Crippen LogP contribution in [-0.4, -0.2) is 37.7 Å². The summed E-state index contributed by atoms with van der Waals surface area (Å²) < 4.78 is 27.9. The summed E-state index contributed by atoms with van der Waals surface area (Å²) in [6.07, 6.45) is 9.07. The summed E-state index contributed by atoms with van der Waals surface area (Å²) in [4.78, 5) is 20.4. The highest BCUT2D eigenvalue weighted by Crippen LogP contribution is 2.37. The van der Waals surface area contributed by atoms with Crippen molar-refractivity contribution in [3.05, 3.63) is 66.5 Å². The van der Waals surface area contributed by atoms with Crippen molar-refractivity contribution in [1.29, 1.82) is 0 Å². The summed E-state index contributed by atoms with van der Waals surface area (Å²) in [5.41, 5.74) is 4.02. The number of sulfone groups is 1. The van der Waals surface area contributed by atoms with E-state index in [0.29, 0.717) is 24.1 Å². The number of nitrogens with one attached hydrogen (secondary N) is 1. The Morgan fingerprint density at radius 3 is 2.26 bits per heavy atom. The van der Waals surface area contributed by atoms with Crippen molar-refractivity contribution in [2.75, 3.05) is 18.7 Å². The molecule has 1 aromatic carbocycles. The molecule has 178 valence electrons. The van der Waals surface area contributed by atoms with Gasteiger partial charge in [-0.1, -0.05) is 24.3 Å². The molecule has 1 aliphatic carbocycles. The third-order valence-corrected chi connectivity index (χ3v) is 7.51. The number of esters is 1. The lowest BCUT2D eigenvalue weighted by Crippen LogP contribution is -2.17. The summed E-state index contributed by atoms with van der Waals surface area (Å²) >= 11 is 0. The second kappa shape index (κ2) is 10.3. The average Bonchev–Trinajstić information content (AvgIpc) is 2.85. The molecule has 2 aromatic heterocycles. The Bertz CT molecular complexity index is 1220. The molecule has 7 nitrogen and oxygen atoms in total. The van der Waals surface area contributed by atoms with Crippen molar-refractivity contribution >= 4 is 27.3 Å². The number of methoxy groups -OCH3 is 1. The van der Waals surface area contributed by atoms with Gasteiger partial charge in [0.25, 0.3) is 0 Å². The average molecular weight is 480 g/mol. The van der Waals surface area contributed by atoms with E-state index >= 15 is 0 Å². The van der Waals surface area contributed by atoms with Crippen molar-refractivity contribution in [3.8, 4) is 11.3 Å². The van der Waals surface area contributed by atoms with Crippen LogP contribution < -0.4 is 5.32 Å². The van der Waals surface area contributed by atoms with Gasteiger partial charge in [-0.05, 0) is 67.3 Å². The van der Waals surface area contributed by atoms with Crippen LogP contribution in [0.25, 0.3) is 11.3 Å². The van der Waals surface area contributed by atoms with Gasteiger partial charge in [0.2, 0.25) is 0 Å². The fraction of sp³-hybridized carbons (Fsp3) is 0.346. The molecule has 0 saturated heterocycles. The molecule has 0 amide bonds. The predicted octanol–water partition coefficient (Wildman–Crippen LogP) is 5.13. The zero-order valence-electron chi connectivity index (χ0n) is 19.4. The van der Waals surface area contributed by atoms with E-state index in [9.17, 15) is 13.2 Å². The first-order valence-corrected chi connectivity index (χ1v) is 13.3. The minimum absolute atomic E-state index is 0.109. The molecule has 34 heavy (non-hydrogen) atoms. The minimum atomic E-state index is -3.27. The van der Waals surface area contributed by atoms with Crippen LogP contribution in [0.2, 0.25) is 0 Å². The van der Waals surface area contributed by atoms with Crippen molar-refractivity contribution in [3.63, 3.8) is 0 Å². The van der Waals surface area contributed by atoms with Gasteiger partial charge in [-0.25, -0.2) is 13.4 Å². The Labute approximate surface area is 200 Å². The number of anilines is 2. The van der Waals surface area contributed by atoms with E-state index in [0.717, 1.165) is 48.9 Å². The highest BCUT2D eigenvalue weighted by atomic mass is 32.2. The van der Waals surface area contributed by atoms with Gasteiger partial charge >= 0.3 is 5.97 Å². The van der Waals surface area contributed by atoms with Gasteiger partial charge in [-0.15, -0.1) is 0 Å². The summed E-state index contributed by atoms with van der Waals surface area (Å²) in [5, 5.41) is 3.13. The first-order chi connectivity index (χ1) is 16.3. The molecule has 4 rings (SSSR count). The highest BCUT2D eigenvalue weighted by molar-refractivity contribution is 7.90. The molecule has 1 N–H and O–H groups in total. The first-order valence-electron chi connectivity index (χ1n) is 11.4. The van der Waals surface area contributed by atoms with Crippen LogP contribution >= 0.6 is 0 Å². The second-order valence-corrected chi connectivity index (χ2v) is 10.8. The molecule has 1 saturated carbocycles. The summed E-state index contributed by atoms with van der Waals surface area (Å²) in [6, 6.07) is 15.6. The molecule has 8 heteroatoms.